The third-order valence-electron chi connectivity index (χ3n) is 2.01. The lowest BCUT2D eigenvalue weighted by Gasteiger charge is -1.91. The van der Waals surface area contributed by atoms with Crippen LogP contribution in [-0.4, -0.2) is 11.1 Å². The first-order chi connectivity index (χ1) is 7.25. The van der Waals surface area contributed by atoms with Crippen LogP contribution in [0.3, 0.4) is 0 Å². The van der Waals surface area contributed by atoms with Crippen molar-refractivity contribution < 1.29 is 9.90 Å². The van der Waals surface area contributed by atoms with E-state index in [9.17, 15) is 4.79 Å². The number of thiophene rings is 2. The van der Waals surface area contributed by atoms with Crippen LogP contribution in [0.25, 0.3) is 9.75 Å². The van der Waals surface area contributed by atoms with Crippen molar-refractivity contribution in [3.05, 3.63) is 34.5 Å². The Labute approximate surface area is 95.8 Å². The second kappa shape index (κ2) is 4.59. The Hall–Kier alpha value is -1.13. The number of hydrogen-bond acceptors (Lipinski definition) is 3. The zero-order valence-electron chi connectivity index (χ0n) is 7.97. The molecule has 2 nitrogen and oxygen atoms in total. The van der Waals surface area contributed by atoms with Crippen molar-refractivity contribution in [2.75, 3.05) is 0 Å². The Morgan fingerprint density at radius 2 is 2.13 bits per heavy atom. The van der Waals surface area contributed by atoms with Gasteiger partial charge in [0, 0.05) is 14.6 Å². The summed E-state index contributed by atoms with van der Waals surface area (Å²) >= 11 is 3.39. The van der Waals surface area contributed by atoms with Crippen LogP contribution in [0, 0.1) is 0 Å². The molecule has 0 atom stereocenters. The minimum Gasteiger partial charge on any atom is -0.481 e. The van der Waals surface area contributed by atoms with Gasteiger partial charge in [0.25, 0.3) is 0 Å². The summed E-state index contributed by atoms with van der Waals surface area (Å²) in [6.07, 6.45) is 0.843. The van der Waals surface area contributed by atoms with Gasteiger partial charge in [-0.3, -0.25) is 4.79 Å². The molecule has 0 aliphatic rings. The van der Waals surface area contributed by atoms with Gasteiger partial charge >= 0.3 is 5.97 Å². The molecule has 15 heavy (non-hydrogen) atoms. The second-order valence-corrected chi connectivity index (χ2v) is 5.25. The molecule has 0 saturated carbocycles. The molecule has 0 amide bonds. The lowest BCUT2D eigenvalue weighted by molar-refractivity contribution is -0.136. The van der Waals surface area contributed by atoms with Crippen molar-refractivity contribution in [2.24, 2.45) is 0 Å². The maximum atomic E-state index is 10.4. The van der Waals surface area contributed by atoms with Crippen molar-refractivity contribution >= 4 is 28.6 Å². The summed E-state index contributed by atoms with van der Waals surface area (Å²) in [4.78, 5) is 14.0. The van der Waals surface area contributed by atoms with Gasteiger partial charge in [0.1, 0.15) is 0 Å². The van der Waals surface area contributed by atoms with E-state index in [0.717, 1.165) is 4.88 Å². The maximum Gasteiger partial charge on any atom is 0.303 e. The molecule has 1 N–H and O–H groups in total. The molecule has 0 radical (unpaired) electrons. The van der Waals surface area contributed by atoms with Crippen molar-refractivity contribution in [3.63, 3.8) is 0 Å². The van der Waals surface area contributed by atoms with E-state index in [1.54, 1.807) is 22.7 Å². The van der Waals surface area contributed by atoms with E-state index in [0.29, 0.717) is 6.42 Å². The topological polar surface area (TPSA) is 37.3 Å². The number of aliphatic carboxylic acids is 1. The van der Waals surface area contributed by atoms with Gasteiger partial charge in [-0.25, -0.2) is 0 Å². The molecule has 0 fully saturated rings. The van der Waals surface area contributed by atoms with Crippen LogP contribution >= 0.6 is 22.7 Å². The van der Waals surface area contributed by atoms with Crippen molar-refractivity contribution in [2.45, 2.75) is 12.8 Å². The first kappa shape index (κ1) is 10.4. The van der Waals surface area contributed by atoms with E-state index in [-0.39, 0.29) is 6.42 Å². The van der Waals surface area contributed by atoms with E-state index in [4.69, 9.17) is 5.11 Å². The fraction of sp³-hybridized carbons (Fsp3) is 0.182. The molecule has 78 valence electrons. The average Bonchev–Trinajstić information content (AvgIpc) is 2.85. The van der Waals surface area contributed by atoms with Crippen LogP contribution in [-0.2, 0) is 11.2 Å². The summed E-state index contributed by atoms with van der Waals surface area (Å²) in [5.74, 6) is -0.735. The summed E-state index contributed by atoms with van der Waals surface area (Å²) in [7, 11) is 0. The summed E-state index contributed by atoms with van der Waals surface area (Å²) in [6, 6.07) is 8.18. The average molecular weight is 238 g/mol. The van der Waals surface area contributed by atoms with Crippen LogP contribution in [0.1, 0.15) is 11.3 Å². The van der Waals surface area contributed by atoms with Crippen LogP contribution in [0.4, 0.5) is 0 Å². The monoisotopic (exact) mass is 238 g/mol. The molecule has 0 spiro atoms. The number of carboxylic acids is 1. The summed E-state index contributed by atoms with van der Waals surface area (Å²) in [6.45, 7) is 0. The fourth-order valence-corrected chi connectivity index (χ4v) is 3.14. The molecule has 0 aliphatic carbocycles. The minimum atomic E-state index is -0.735. The number of rotatable bonds is 4. The number of carbonyl (C=O) groups is 1. The SMILES string of the molecule is O=C(O)CCc1ccc(-c2cccs2)s1. The standard InChI is InChI=1S/C11H10O2S2/c12-11(13)6-4-8-3-5-10(15-8)9-2-1-7-14-9/h1-3,5,7H,4,6H2,(H,12,13). The zero-order valence-corrected chi connectivity index (χ0v) is 9.61. The minimum absolute atomic E-state index is 0.213. The first-order valence-corrected chi connectivity index (χ1v) is 6.30. The third-order valence-corrected chi connectivity index (χ3v) is 4.22. The second-order valence-electron chi connectivity index (χ2n) is 3.14. The Morgan fingerprint density at radius 1 is 1.27 bits per heavy atom. The van der Waals surface area contributed by atoms with Gasteiger partial charge < -0.3 is 5.11 Å². The molecule has 2 aromatic heterocycles. The Balaban J connectivity index is 2.08. The van der Waals surface area contributed by atoms with Crippen LogP contribution in [0.15, 0.2) is 29.6 Å². The van der Waals surface area contributed by atoms with E-state index >= 15 is 0 Å². The zero-order chi connectivity index (χ0) is 10.7. The van der Waals surface area contributed by atoms with Crippen LogP contribution in [0.2, 0.25) is 0 Å². The molecule has 2 rings (SSSR count). The molecule has 2 aromatic rings. The quantitative estimate of drug-likeness (QED) is 0.885. The van der Waals surface area contributed by atoms with Gasteiger partial charge in [0.2, 0.25) is 0 Å². The molecule has 0 aromatic carbocycles. The van der Waals surface area contributed by atoms with Gasteiger partial charge in [-0.15, -0.1) is 22.7 Å². The van der Waals surface area contributed by atoms with Crippen LogP contribution in [0.5, 0.6) is 0 Å². The molecular formula is C11H10O2S2. The van der Waals surface area contributed by atoms with Gasteiger partial charge in [0.05, 0.1) is 6.42 Å². The van der Waals surface area contributed by atoms with E-state index < -0.39 is 5.97 Å². The molecule has 0 unspecified atom stereocenters. The molecular weight excluding hydrogens is 228 g/mol. The van der Waals surface area contributed by atoms with Crippen molar-refractivity contribution in [1.29, 1.82) is 0 Å². The molecule has 0 bridgehead atoms. The summed E-state index contributed by atoms with van der Waals surface area (Å²) < 4.78 is 0. The maximum absolute atomic E-state index is 10.4. The highest BCUT2D eigenvalue weighted by atomic mass is 32.1. The molecule has 0 aliphatic heterocycles. The largest absolute Gasteiger partial charge is 0.481 e. The smallest absolute Gasteiger partial charge is 0.303 e. The highest BCUT2D eigenvalue weighted by Gasteiger charge is 2.05. The highest BCUT2D eigenvalue weighted by Crippen LogP contribution is 2.31. The number of carboxylic acid groups (broad SMARTS) is 1. The number of hydrogen-bond donors (Lipinski definition) is 1. The Morgan fingerprint density at radius 3 is 2.80 bits per heavy atom. The summed E-state index contributed by atoms with van der Waals surface area (Å²) in [5, 5.41) is 10.6. The lowest BCUT2D eigenvalue weighted by Crippen LogP contribution is -1.95. The normalized spacial score (nSPS) is 10.4. The lowest BCUT2D eigenvalue weighted by atomic mass is 10.2. The fourth-order valence-electron chi connectivity index (χ4n) is 1.29. The van der Waals surface area contributed by atoms with E-state index in [1.165, 1.54) is 9.75 Å². The van der Waals surface area contributed by atoms with Gasteiger partial charge in [-0.05, 0) is 30.0 Å². The molecule has 4 heteroatoms. The van der Waals surface area contributed by atoms with Gasteiger partial charge in [-0.2, -0.15) is 0 Å². The predicted molar refractivity (Wildman–Crippen MR) is 63.6 cm³/mol. The predicted octanol–water partition coefficient (Wildman–Crippen LogP) is 3.49. The first-order valence-electron chi connectivity index (χ1n) is 4.60. The Kier molecular flexibility index (Phi) is 3.18. The van der Waals surface area contributed by atoms with E-state index in [2.05, 4.69) is 12.1 Å². The third kappa shape index (κ3) is 2.67. The summed E-state index contributed by atoms with van der Waals surface area (Å²) in [5.41, 5.74) is 0. The highest BCUT2D eigenvalue weighted by molar-refractivity contribution is 7.21. The van der Waals surface area contributed by atoms with Gasteiger partial charge in [-0.1, -0.05) is 6.07 Å². The van der Waals surface area contributed by atoms with Crippen molar-refractivity contribution in [3.8, 4) is 9.75 Å². The Bertz CT molecular complexity index is 443. The van der Waals surface area contributed by atoms with E-state index in [1.807, 2.05) is 17.5 Å². The van der Waals surface area contributed by atoms with Gasteiger partial charge in [0.15, 0.2) is 0 Å². The molecule has 2 heterocycles. The van der Waals surface area contributed by atoms with Crippen molar-refractivity contribution in [1.82, 2.24) is 0 Å². The van der Waals surface area contributed by atoms with Crippen LogP contribution < -0.4 is 0 Å². The number of aryl methyl sites for hydroxylation is 1. The molecule has 0 saturated heterocycles.